The van der Waals surface area contributed by atoms with Crippen molar-refractivity contribution in [1.29, 1.82) is 0 Å². The molecule has 54 valence electrons. The fourth-order valence-corrected chi connectivity index (χ4v) is 2.58. The van der Waals surface area contributed by atoms with Crippen LogP contribution in [0.5, 0.6) is 0 Å². The van der Waals surface area contributed by atoms with E-state index in [2.05, 4.69) is 43.1 Å². The van der Waals surface area contributed by atoms with Crippen molar-refractivity contribution in [2.75, 3.05) is 0 Å². The summed E-state index contributed by atoms with van der Waals surface area (Å²) in [4.78, 5) is 10.3. The summed E-state index contributed by atoms with van der Waals surface area (Å²) < 4.78 is 2.36. The van der Waals surface area contributed by atoms with Gasteiger partial charge in [0, 0.05) is 6.07 Å². The van der Waals surface area contributed by atoms with E-state index in [1.807, 2.05) is 0 Å². The maximum Gasteiger partial charge on any atom is 0.168 e. The number of rotatable bonds is 2. The number of carbonyl (C=O) groups is 1. The van der Waals surface area contributed by atoms with Crippen LogP contribution < -0.4 is 0 Å². The van der Waals surface area contributed by atoms with Crippen molar-refractivity contribution in [3.63, 3.8) is 0 Å². The Kier molecular flexibility index (Phi) is 3.26. The van der Waals surface area contributed by atoms with E-state index in [1.54, 1.807) is 10.5 Å². The first kappa shape index (κ1) is 8.62. The van der Waals surface area contributed by atoms with Crippen LogP contribution in [0.3, 0.4) is 0 Å². The quantitative estimate of drug-likeness (QED) is 0.473. The number of hydrogen-bond acceptors (Lipinski definition) is 2. The van der Waals surface area contributed by atoms with E-state index in [0.717, 1.165) is 6.29 Å². The Balaban J connectivity index is 3.08. The predicted octanol–water partition coefficient (Wildman–Crippen LogP) is 2.25. The molecule has 1 heterocycles. The van der Waals surface area contributed by atoms with Gasteiger partial charge in [0.2, 0.25) is 0 Å². The third-order valence-corrected chi connectivity index (χ3v) is 3.18. The number of nitrogens with zero attached hydrogens (tertiary/aromatic N) is 2. The van der Waals surface area contributed by atoms with Crippen LogP contribution in [-0.4, -0.2) is 15.8 Å². The molecule has 6 heteroatoms. The maximum absolute atomic E-state index is 10.3. The number of aromatic nitrogens is 2. The fraction of sp³-hybridized carbons (Fsp3) is 0. The van der Waals surface area contributed by atoms with Gasteiger partial charge in [-0.25, -0.2) is 4.45 Å². The number of hydrogen-bond donors (Lipinski definition) is 0. The zero-order valence-electron chi connectivity index (χ0n) is 4.71. The third-order valence-electron chi connectivity index (χ3n) is 0.908. The molecule has 10 heavy (non-hydrogen) atoms. The molecule has 0 spiro atoms. The molecule has 3 nitrogen and oxygen atoms in total. The highest BCUT2D eigenvalue weighted by Gasteiger charge is 2.02. The molecule has 0 aliphatic rings. The lowest BCUT2D eigenvalue weighted by molar-refractivity contribution is 0.111. The average molecular weight is 333 g/mol. The molecule has 1 aromatic rings. The summed E-state index contributed by atoms with van der Waals surface area (Å²) in [6, 6.07) is 1.69. The Morgan fingerprint density at radius 2 is 2.60 bits per heavy atom. The van der Waals surface area contributed by atoms with Crippen LogP contribution in [0.2, 0.25) is 0 Å². The van der Waals surface area contributed by atoms with Crippen molar-refractivity contribution < 1.29 is 4.79 Å². The van der Waals surface area contributed by atoms with E-state index in [1.165, 1.54) is 0 Å². The van der Waals surface area contributed by atoms with E-state index in [9.17, 15) is 4.79 Å². The first-order valence-electron chi connectivity index (χ1n) is 2.35. The number of aldehydes is 1. The lowest BCUT2D eigenvalue weighted by atomic mass is 10.5. The van der Waals surface area contributed by atoms with Crippen LogP contribution in [0.15, 0.2) is 10.7 Å². The summed E-state index contributed by atoms with van der Waals surface area (Å²) >= 11 is 5.34. The Morgan fingerprint density at radius 3 is 3.00 bits per heavy atom. The van der Waals surface area contributed by atoms with E-state index in [-0.39, 0.29) is 0 Å². The molecule has 0 aromatic carbocycles. The van der Waals surface area contributed by atoms with E-state index in [4.69, 9.17) is 0 Å². The van der Waals surface area contributed by atoms with Crippen molar-refractivity contribution >= 4 is 50.6 Å². The molecule has 0 saturated heterocycles. The maximum atomic E-state index is 10.3. The van der Waals surface area contributed by atoms with Gasteiger partial charge in [0.15, 0.2) is 6.29 Å². The zero-order valence-corrected chi connectivity index (χ0v) is 9.46. The highest BCUT2D eigenvalue weighted by atomic mass is 127. The second-order valence-corrected chi connectivity index (χ2v) is 4.36. The molecule has 0 aliphatic carbocycles. The van der Waals surface area contributed by atoms with Gasteiger partial charge in [-0.15, -0.1) is 0 Å². The standard InChI is InChI=1S/C4H3BrIN2OP/c5-4-1-3(2-9)8(7-4)10-6/h1-2,10H. The van der Waals surface area contributed by atoms with E-state index >= 15 is 0 Å². The van der Waals surface area contributed by atoms with Crippen LogP contribution in [0, 0.1) is 0 Å². The van der Waals surface area contributed by atoms with Gasteiger partial charge in [-0.1, -0.05) is 0 Å². The molecule has 0 saturated carbocycles. The van der Waals surface area contributed by atoms with Gasteiger partial charge in [-0.05, 0) is 38.0 Å². The molecule has 1 unspecified atom stereocenters. The highest BCUT2D eigenvalue weighted by Crippen LogP contribution is 2.25. The molecule has 0 radical (unpaired) electrons. The Hall–Kier alpha value is 0.520. The van der Waals surface area contributed by atoms with Crippen LogP contribution in [-0.2, 0) is 0 Å². The van der Waals surface area contributed by atoms with Gasteiger partial charge < -0.3 is 0 Å². The molecule has 0 fully saturated rings. The summed E-state index contributed by atoms with van der Waals surface area (Å²) in [6.07, 6.45) is 1.27. The first-order valence-corrected chi connectivity index (χ1v) is 7.20. The number of carbonyl (C=O) groups excluding carboxylic acids is 1. The topological polar surface area (TPSA) is 34.9 Å². The second-order valence-electron chi connectivity index (χ2n) is 1.51. The third kappa shape index (κ3) is 1.77. The van der Waals surface area contributed by atoms with Crippen molar-refractivity contribution in [3.05, 3.63) is 16.4 Å². The lowest BCUT2D eigenvalue weighted by Crippen LogP contribution is -1.89. The molecule has 0 aliphatic heterocycles. The average Bonchev–Trinajstić information content (AvgIpc) is 2.30. The van der Waals surface area contributed by atoms with Crippen LogP contribution in [0.25, 0.3) is 0 Å². The van der Waals surface area contributed by atoms with Crippen LogP contribution in [0.4, 0.5) is 0 Å². The molecule has 0 bridgehead atoms. The molecule has 0 N–H and O–H groups in total. The monoisotopic (exact) mass is 332 g/mol. The minimum Gasteiger partial charge on any atom is -0.296 e. The normalized spacial score (nSPS) is 11.0. The molecule has 1 rings (SSSR count). The molecular formula is C4H3BrIN2OP. The van der Waals surface area contributed by atoms with Crippen LogP contribution in [0.1, 0.15) is 10.5 Å². The van der Waals surface area contributed by atoms with Gasteiger partial charge in [0.1, 0.15) is 10.3 Å². The molecule has 0 amide bonds. The minimum atomic E-state index is 0.471. The minimum absolute atomic E-state index is 0.471. The summed E-state index contributed by atoms with van der Waals surface area (Å²) in [7, 11) is 0. The lowest BCUT2D eigenvalue weighted by Gasteiger charge is -1.92. The summed E-state index contributed by atoms with van der Waals surface area (Å²) in [5, 5.41) is 4.01. The second kappa shape index (κ2) is 3.78. The van der Waals surface area contributed by atoms with E-state index < -0.39 is 0 Å². The van der Waals surface area contributed by atoms with Crippen molar-refractivity contribution in [1.82, 2.24) is 9.55 Å². The Labute approximate surface area is 81.0 Å². The SMILES string of the molecule is O=Cc1cc(Br)nn1PI. The zero-order chi connectivity index (χ0) is 7.56. The highest BCUT2D eigenvalue weighted by molar-refractivity contribution is 14.2. The first-order chi connectivity index (χ1) is 4.77. The smallest absolute Gasteiger partial charge is 0.168 e. The van der Waals surface area contributed by atoms with Gasteiger partial charge in [0.05, 0.1) is 6.37 Å². The Bertz CT molecular complexity index is 251. The summed E-state index contributed by atoms with van der Waals surface area (Å²) in [5.41, 5.74) is 0.611. The number of halogens is 2. The van der Waals surface area contributed by atoms with Crippen molar-refractivity contribution in [2.45, 2.75) is 0 Å². The fourth-order valence-electron chi connectivity index (χ4n) is 0.517. The summed E-state index contributed by atoms with van der Waals surface area (Å²) in [6.45, 7) is 0. The largest absolute Gasteiger partial charge is 0.296 e. The molecule has 1 atom stereocenters. The van der Waals surface area contributed by atoms with Crippen molar-refractivity contribution in [2.24, 2.45) is 0 Å². The summed E-state index contributed by atoms with van der Waals surface area (Å²) in [5.74, 6) is 0. The van der Waals surface area contributed by atoms with Crippen LogP contribution >= 0.6 is 44.3 Å². The van der Waals surface area contributed by atoms with E-state index in [0.29, 0.717) is 16.7 Å². The van der Waals surface area contributed by atoms with Crippen molar-refractivity contribution in [3.8, 4) is 0 Å². The molecular weight excluding hydrogens is 330 g/mol. The Morgan fingerprint density at radius 1 is 1.90 bits per heavy atom. The predicted molar refractivity (Wildman–Crippen MR) is 53.0 cm³/mol. The van der Waals surface area contributed by atoms with Gasteiger partial charge in [0.25, 0.3) is 0 Å². The molecule has 1 aromatic heterocycles. The van der Waals surface area contributed by atoms with Gasteiger partial charge in [-0.2, -0.15) is 5.10 Å². The van der Waals surface area contributed by atoms with Gasteiger partial charge >= 0.3 is 0 Å². The van der Waals surface area contributed by atoms with Gasteiger partial charge in [-0.3, -0.25) is 4.79 Å².